The first-order valence-corrected chi connectivity index (χ1v) is 7.78. The molecule has 1 aromatic heterocycles. The maximum Gasteiger partial charge on any atom is 0.226 e. The van der Waals surface area contributed by atoms with Crippen molar-refractivity contribution < 1.29 is 0 Å². The van der Waals surface area contributed by atoms with Crippen molar-refractivity contribution in [3.63, 3.8) is 0 Å². The normalized spacial score (nSPS) is 10.3. The third kappa shape index (κ3) is 4.36. The molecule has 0 unspecified atom stereocenters. The minimum atomic E-state index is 0.570. The zero-order valence-electron chi connectivity index (χ0n) is 13.7. The number of nitrogens with one attached hydrogen (secondary N) is 2. The Morgan fingerprint density at radius 2 is 1.96 bits per heavy atom. The lowest BCUT2D eigenvalue weighted by atomic mass is 10.2. The molecule has 122 valence electrons. The maximum atomic E-state index is 6.21. The van der Waals surface area contributed by atoms with Crippen LogP contribution in [0.4, 0.5) is 17.6 Å². The van der Waals surface area contributed by atoms with Gasteiger partial charge in [0.25, 0.3) is 0 Å². The zero-order valence-corrected chi connectivity index (χ0v) is 14.5. The molecule has 0 aliphatic heterocycles. The van der Waals surface area contributed by atoms with Crippen LogP contribution in [-0.2, 0) is 6.54 Å². The molecule has 0 atom stereocenters. The average Bonchev–Trinajstić information content (AvgIpc) is 2.53. The lowest BCUT2D eigenvalue weighted by molar-refractivity contribution is 0.994. The summed E-state index contributed by atoms with van der Waals surface area (Å²) in [5.41, 5.74) is 2.02. The summed E-state index contributed by atoms with van der Waals surface area (Å²) >= 11 is 6.21. The molecule has 0 fully saturated rings. The van der Waals surface area contributed by atoms with Crippen molar-refractivity contribution in [3.8, 4) is 0 Å². The van der Waals surface area contributed by atoms with Crippen molar-refractivity contribution in [2.75, 3.05) is 36.2 Å². The van der Waals surface area contributed by atoms with Gasteiger partial charge in [-0.3, -0.25) is 0 Å². The highest BCUT2D eigenvalue weighted by molar-refractivity contribution is 6.31. The van der Waals surface area contributed by atoms with Gasteiger partial charge in [0, 0.05) is 37.8 Å². The standard InChI is InChI=1S/C17H22ClN5/c1-5-10-19-17-21-15(12(2)16(22-17)23(3)4)20-11-13-8-6-7-9-14(13)18/h5-9H,1,10-11H2,2-4H3,(H2,19,20,21,22). The van der Waals surface area contributed by atoms with Crippen LogP contribution in [0, 0.1) is 6.92 Å². The molecule has 1 heterocycles. The summed E-state index contributed by atoms with van der Waals surface area (Å²) < 4.78 is 0. The minimum Gasteiger partial charge on any atom is -0.365 e. The van der Waals surface area contributed by atoms with Gasteiger partial charge in [-0.2, -0.15) is 9.97 Å². The number of nitrogens with zero attached hydrogens (tertiary/aromatic N) is 3. The van der Waals surface area contributed by atoms with E-state index in [1.807, 2.05) is 50.2 Å². The van der Waals surface area contributed by atoms with Gasteiger partial charge in [0.2, 0.25) is 5.95 Å². The monoisotopic (exact) mass is 331 g/mol. The van der Waals surface area contributed by atoms with Crippen LogP contribution in [0.3, 0.4) is 0 Å². The fourth-order valence-corrected chi connectivity index (χ4v) is 2.38. The maximum absolute atomic E-state index is 6.21. The fraction of sp³-hybridized carbons (Fsp3) is 0.294. The molecule has 1 aromatic carbocycles. The molecule has 5 nitrogen and oxygen atoms in total. The molecule has 23 heavy (non-hydrogen) atoms. The Bertz CT molecular complexity index is 685. The van der Waals surface area contributed by atoms with Crippen LogP contribution in [0.15, 0.2) is 36.9 Å². The van der Waals surface area contributed by atoms with Gasteiger partial charge in [-0.1, -0.05) is 35.9 Å². The molecule has 0 saturated heterocycles. The fourth-order valence-electron chi connectivity index (χ4n) is 2.18. The van der Waals surface area contributed by atoms with Crippen LogP contribution >= 0.6 is 11.6 Å². The van der Waals surface area contributed by atoms with Crippen LogP contribution in [0.5, 0.6) is 0 Å². The smallest absolute Gasteiger partial charge is 0.226 e. The van der Waals surface area contributed by atoms with E-state index in [1.54, 1.807) is 6.08 Å². The van der Waals surface area contributed by atoms with E-state index in [9.17, 15) is 0 Å². The first-order chi connectivity index (χ1) is 11.0. The van der Waals surface area contributed by atoms with Crippen molar-refractivity contribution in [2.45, 2.75) is 13.5 Å². The van der Waals surface area contributed by atoms with Crippen molar-refractivity contribution in [1.82, 2.24) is 9.97 Å². The summed E-state index contributed by atoms with van der Waals surface area (Å²) in [6.45, 7) is 6.92. The Hall–Kier alpha value is -2.27. The van der Waals surface area contributed by atoms with Crippen LogP contribution in [0.1, 0.15) is 11.1 Å². The van der Waals surface area contributed by atoms with Gasteiger partial charge in [-0.25, -0.2) is 0 Å². The number of hydrogen-bond acceptors (Lipinski definition) is 5. The topological polar surface area (TPSA) is 53.1 Å². The van der Waals surface area contributed by atoms with Crippen molar-refractivity contribution in [2.24, 2.45) is 0 Å². The number of benzene rings is 1. The summed E-state index contributed by atoms with van der Waals surface area (Å²) in [5, 5.41) is 7.23. The Labute approximate surface area is 142 Å². The Kier molecular flexibility index (Phi) is 5.82. The lowest BCUT2D eigenvalue weighted by Crippen LogP contribution is -2.17. The molecule has 2 rings (SSSR count). The quantitative estimate of drug-likeness (QED) is 0.757. The SMILES string of the molecule is C=CCNc1nc(NCc2ccccc2Cl)c(C)c(N(C)C)n1. The van der Waals surface area contributed by atoms with Crippen molar-refractivity contribution in [1.29, 1.82) is 0 Å². The molecular formula is C17H22ClN5. The van der Waals surface area contributed by atoms with E-state index in [1.165, 1.54) is 0 Å². The van der Waals surface area contributed by atoms with Crippen LogP contribution < -0.4 is 15.5 Å². The largest absolute Gasteiger partial charge is 0.365 e. The summed E-state index contributed by atoms with van der Waals surface area (Å²) in [6, 6.07) is 7.77. The highest BCUT2D eigenvalue weighted by atomic mass is 35.5. The van der Waals surface area contributed by atoms with Gasteiger partial charge in [-0.15, -0.1) is 6.58 Å². The molecular weight excluding hydrogens is 310 g/mol. The number of aromatic nitrogens is 2. The van der Waals surface area contributed by atoms with E-state index in [2.05, 4.69) is 27.2 Å². The second kappa shape index (κ2) is 7.83. The first kappa shape index (κ1) is 17.1. The highest BCUT2D eigenvalue weighted by Gasteiger charge is 2.12. The summed E-state index contributed by atoms with van der Waals surface area (Å²) in [5.74, 6) is 2.23. The van der Waals surface area contributed by atoms with E-state index in [0.29, 0.717) is 19.0 Å². The molecule has 0 radical (unpaired) electrons. The summed E-state index contributed by atoms with van der Waals surface area (Å²) in [4.78, 5) is 11.0. The second-order valence-electron chi connectivity index (χ2n) is 5.35. The Morgan fingerprint density at radius 1 is 1.22 bits per heavy atom. The van der Waals surface area contributed by atoms with Crippen molar-refractivity contribution >= 4 is 29.2 Å². The van der Waals surface area contributed by atoms with Gasteiger partial charge in [-0.05, 0) is 18.6 Å². The van der Waals surface area contributed by atoms with Gasteiger partial charge in [0.15, 0.2) is 0 Å². The second-order valence-corrected chi connectivity index (χ2v) is 5.76. The predicted octanol–water partition coefficient (Wildman–Crippen LogP) is 3.71. The Balaban J connectivity index is 2.27. The number of anilines is 3. The third-order valence-electron chi connectivity index (χ3n) is 3.35. The molecule has 0 aliphatic rings. The summed E-state index contributed by atoms with van der Waals surface area (Å²) in [6.07, 6.45) is 1.77. The van der Waals surface area contributed by atoms with Gasteiger partial charge in [0.1, 0.15) is 11.6 Å². The van der Waals surface area contributed by atoms with Gasteiger partial charge < -0.3 is 15.5 Å². The zero-order chi connectivity index (χ0) is 16.8. The molecule has 0 saturated carbocycles. The average molecular weight is 332 g/mol. The predicted molar refractivity (Wildman–Crippen MR) is 98.6 cm³/mol. The molecule has 2 N–H and O–H groups in total. The van der Waals surface area contributed by atoms with Crippen molar-refractivity contribution in [3.05, 3.63) is 53.1 Å². The molecule has 6 heteroatoms. The number of rotatable bonds is 7. The number of hydrogen-bond donors (Lipinski definition) is 2. The number of halogens is 1. The van der Waals surface area contributed by atoms with E-state index in [4.69, 9.17) is 11.6 Å². The first-order valence-electron chi connectivity index (χ1n) is 7.41. The Morgan fingerprint density at radius 3 is 2.61 bits per heavy atom. The van der Waals surface area contributed by atoms with E-state index in [0.717, 1.165) is 27.8 Å². The molecule has 2 aromatic rings. The van der Waals surface area contributed by atoms with E-state index >= 15 is 0 Å². The molecule has 0 amide bonds. The van der Waals surface area contributed by atoms with Crippen LogP contribution in [0.2, 0.25) is 5.02 Å². The van der Waals surface area contributed by atoms with E-state index < -0.39 is 0 Å². The molecule has 0 aliphatic carbocycles. The van der Waals surface area contributed by atoms with Crippen LogP contribution in [0.25, 0.3) is 0 Å². The molecule has 0 bridgehead atoms. The van der Waals surface area contributed by atoms with Crippen LogP contribution in [-0.4, -0.2) is 30.6 Å². The summed E-state index contributed by atoms with van der Waals surface area (Å²) in [7, 11) is 3.93. The van der Waals surface area contributed by atoms with Gasteiger partial charge in [0.05, 0.1) is 0 Å². The highest BCUT2D eigenvalue weighted by Crippen LogP contribution is 2.25. The minimum absolute atomic E-state index is 0.570. The van der Waals surface area contributed by atoms with E-state index in [-0.39, 0.29) is 0 Å². The lowest BCUT2D eigenvalue weighted by Gasteiger charge is -2.19. The third-order valence-corrected chi connectivity index (χ3v) is 3.72. The van der Waals surface area contributed by atoms with Gasteiger partial charge >= 0.3 is 0 Å². The molecule has 0 spiro atoms.